The van der Waals surface area contributed by atoms with E-state index >= 15 is 0 Å². The average molecular weight is 308 g/mol. The fourth-order valence-corrected chi connectivity index (χ4v) is 2.78. The number of quaternary nitrogens is 1. The molecular formula is C15H33NO3S. The number of hydrogen-bond acceptors (Lipinski definition) is 3. The van der Waals surface area contributed by atoms with Gasteiger partial charge in [-0.1, -0.05) is 39.5 Å². The highest BCUT2D eigenvalue weighted by atomic mass is 32.2. The molecule has 0 aromatic rings. The number of hydrogen-bond donors (Lipinski definition) is 1. The number of nitrogens with one attached hydrogen (secondary N) is 1. The summed E-state index contributed by atoms with van der Waals surface area (Å²) in [7, 11) is -3.92. The van der Waals surface area contributed by atoms with E-state index in [4.69, 9.17) is 13.0 Å². The maximum absolute atomic E-state index is 9.08. The standard InChI is InChI=1S/C14H29N.CH4O3S/c1-3-4-5-6-7-8-11-15-12-9-10-14(2)13-15;1-5(2,3)4/h14H,3-13H2,1-2H3;1H3,(H,2,3,4). The molecule has 1 aliphatic heterocycles. The van der Waals surface area contributed by atoms with Crippen LogP contribution in [0.25, 0.3) is 0 Å². The molecule has 1 saturated heterocycles. The van der Waals surface area contributed by atoms with Crippen LogP contribution in [-0.2, 0) is 10.1 Å². The van der Waals surface area contributed by atoms with Gasteiger partial charge in [-0.15, -0.1) is 0 Å². The Balaban J connectivity index is 0.000000621. The molecule has 1 heterocycles. The Labute approximate surface area is 125 Å². The molecule has 4 nitrogen and oxygen atoms in total. The largest absolute Gasteiger partial charge is 0.748 e. The number of unbranched alkanes of at least 4 members (excludes halogenated alkanes) is 5. The summed E-state index contributed by atoms with van der Waals surface area (Å²) in [5.41, 5.74) is 0. The number of likely N-dealkylation sites (tertiary alicyclic amines) is 1. The Morgan fingerprint density at radius 1 is 1.15 bits per heavy atom. The second-order valence-electron chi connectivity index (χ2n) is 6.17. The fraction of sp³-hybridized carbons (Fsp3) is 1.00. The Morgan fingerprint density at radius 2 is 1.70 bits per heavy atom. The van der Waals surface area contributed by atoms with E-state index in [0.717, 1.165) is 5.92 Å². The van der Waals surface area contributed by atoms with E-state index in [1.165, 1.54) is 71.0 Å². The van der Waals surface area contributed by atoms with Crippen LogP contribution >= 0.6 is 0 Å². The Hall–Kier alpha value is -0.130. The van der Waals surface area contributed by atoms with Crippen molar-refractivity contribution < 1.29 is 17.9 Å². The molecule has 1 N–H and O–H groups in total. The average Bonchev–Trinajstić information content (AvgIpc) is 2.32. The second-order valence-corrected chi connectivity index (χ2v) is 7.58. The van der Waals surface area contributed by atoms with Gasteiger partial charge in [0.1, 0.15) is 0 Å². The summed E-state index contributed by atoms with van der Waals surface area (Å²) in [6, 6.07) is 0. The van der Waals surface area contributed by atoms with E-state index in [9.17, 15) is 0 Å². The summed E-state index contributed by atoms with van der Waals surface area (Å²) >= 11 is 0. The van der Waals surface area contributed by atoms with Crippen molar-refractivity contribution in [1.82, 2.24) is 0 Å². The van der Waals surface area contributed by atoms with Gasteiger partial charge in [-0.3, -0.25) is 0 Å². The van der Waals surface area contributed by atoms with E-state index in [1.54, 1.807) is 0 Å². The minimum Gasteiger partial charge on any atom is -0.748 e. The van der Waals surface area contributed by atoms with Crippen LogP contribution in [0.4, 0.5) is 0 Å². The van der Waals surface area contributed by atoms with Crippen molar-refractivity contribution in [2.75, 3.05) is 25.9 Å². The molecule has 5 heteroatoms. The van der Waals surface area contributed by atoms with Crippen LogP contribution in [0.15, 0.2) is 0 Å². The first kappa shape index (κ1) is 19.9. The van der Waals surface area contributed by atoms with Crippen molar-refractivity contribution >= 4 is 10.1 Å². The molecule has 122 valence electrons. The third kappa shape index (κ3) is 15.9. The van der Waals surface area contributed by atoms with Gasteiger partial charge in [0.25, 0.3) is 0 Å². The van der Waals surface area contributed by atoms with Gasteiger partial charge in [0, 0.05) is 12.2 Å². The van der Waals surface area contributed by atoms with Crippen LogP contribution in [0, 0.1) is 5.92 Å². The van der Waals surface area contributed by atoms with Crippen LogP contribution in [-0.4, -0.2) is 38.9 Å². The monoisotopic (exact) mass is 307 g/mol. The zero-order valence-corrected chi connectivity index (χ0v) is 14.3. The van der Waals surface area contributed by atoms with Gasteiger partial charge in [-0.2, -0.15) is 0 Å². The zero-order valence-electron chi connectivity index (χ0n) is 13.5. The predicted octanol–water partition coefficient (Wildman–Crippen LogP) is 1.82. The van der Waals surface area contributed by atoms with Crippen LogP contribution in [0.5, 0.6) is 0 Å². The van der Waals surface area contributed by atoms with Crippen LogP contribution in [0.2, 0.25) is 0 Å². The van der Waals surface area contributed by atoms with Crippen LogP contribution in [0.3, 0.4) is 0 Å². The molecule has 0 radical (unpaired) electrons. The molecule has 2 unspecified atom stereocenters. The van der Waals surface area contributed by atoms with Crippen molar-refractivity contribution in [2.45, 2.75) is 65.2 Å². The molecule has 1 fully saturated rings. The molecule has 2 atom stereocenters. The normalized spacial score (nSPS) is 23.0. The van der Waals surface area contributed by atoms with Gasteiger partial charge < -0.3 is 9.45 Å². The van der Waals surface area contributed by atoms with Gasteiger partial charge in [0.2, 0.25) is 0 Å². The quantitative estimate of drug-likeness (QED) is 0.576. The Morgan fingerprint density at radius 3 is 2.25 bits per heavy atom. The van der Waals surface area contributed by atoms with Crippen molar-refractivity contribution in [2.24, 2.45) is 5.92 Å². The topological polar surface area (TPSA) is 61.6 Å². The molecule has 0 aromatic carbocycles. The first-order valence-corrected chi connectivity index (χ1v) is 9.89. The summed E-state index contributed by atoms with van der Waals surface area (Å²) in [4.78, 5) is 1.88. The molecule has 0 saturated carbocycles. The second kappa shape index (κ2) is 11.5. The molecule has 0 aromatic heterocycles. The van der Waals surface area contributed by atoms with E-state index in [1.807, 2.05) is 4.90 Å². The molecular weight excluding hydrogens is 274 g/mol. The lowest BCUT2D eigenvalue weighted by Gasteiger charge is -2.27. The van der Waals surface area contributed by atoms with Crippen molar-refractivity contribution in [3.8, 4) is 0 Å². The van der Waals surface area contributed by atoms with Gasteiger partial charge in [0.05, 0.1) is 29.8 Å². The van der Waals surface area contributed by atoms with E-state index in [2.05, 4.69) is 13.8 Å². The van der Waals surface area contributed by atoms with E-state index < -0.39 is 10.1 Å². The lowest BCUT2D eigenvalue weighted by atomic mass is 10.00. The molecule has 0 amide bonds. The first-order valence-electron chi connectivity index (χ1n) is 8.07. The zero-order chi connectivity index (χ0) is 15.4. The van der Waals surface area contributed by atoms with Crippen molar-refractivity contribution in [1.29, 1.82) is 0 Å². The first-order chi connectivity index (χ1) is 9.33. The molecule has 20 heavy (non-hydrogen) atoms. The third-order valence-electron chi connectivity index (χ3n) is 3.75. The highest BCUT2D eigenvalue weighted by Crippen LogP contribution is 2.06. The van der Waals surface area contributed by atoms with Crippen LogP contribution in [0.1, 0.15) is 65.2 Å². The van der Waals surface area contributed by atoms with Crippen molar-refractivity contribution in [3.63, 3.8) is 0 Å². The Kier molecular flexibility index (Phi) is 11.4. The third-order valence-corrected chi connectivity index (χ3v) is 3.75. The van der Waals surface area contributed by atoms with Gasteiger partial charge >= 0.3 is 0 Å². The predicted molar refractivity (Wildman–Crippen MR) is 83.0 cm³/mol. The SMILES string of the molecule is CCCCCCCC[NH+]1CCCC(C)C1.CS(=O)(=O)[O-]. The Bertz CT molecular complexity index is 309. The summed E-state index contributed by atoms with van der Waals surface area (Å²) in [5.74, 6) is 0.980. The fourth-order valence-electron chi connectivity index (χ4n) is 2.78. The summed E-state index contributed by atoms with van der Waals surface area (Å²) in [6.07, 6.45) is 12.2. The summed E-state index contributed by atoms with van der Waals surface area (Å²) in [6.45, 7) is 9.03. The van der Waals surface area contributed by atoms with Gasteiger partial charge in [-0.05, 0) is 25.7 Å². The van der Waals surface area contributed by atoms with E-state index in [0.29, 0.717) is 6.26 Å². The van der Waals surface area contributed by atoms with E-state index in [-0.39, 0.29) is 0 Å². The smallest absolute Gasteiger partial charge is 0.0916 e. The van der Waals surface area contributed by atoms with Gasteiger partial charge in [0.15, 0.2) is 0 Å². The molecule has 0 aliphatic carbocycles. The molecule has 1 aliphatic rings. The maximum atomic E-state index is 9.08. The lowest BCUT2D eigenvalue weighted by molar-refractivity contribution is -0.908. The minimum absolute atomic E-state index is 0.604. The highest BCUT2D eigenvalue weighted by Gasteiger charge is 2.18. The molecule has 0 spiro atoms. The number of piperidine rings is 1. The number of rotatable bonds is 7. The highest BCUT2D eigenvalue weighted by molar-refractivity contribution is 7.84. The summed E-state index contributed by atoms with van der Waals surface area (Å²) in [5, 5.41) is 0. The summed E-state index contributed by atoms with van der Waals surface area (Å²) < 4.78 is 27.2. The van der Waals surface area contributed by atoms with Crippen LogP contribution < -0.4 is 4.90 Å². The maximum Gasteiger partial charge on any atom is 0.0916 e. The minimum atomic E-state index is -3.92. The molecule has 1 rings (SSSR count). The van der Waals surface area contributed by atoms with Gasteiger partial charge in [-0.25, -0.2) is 8.42 Å². The lowest BCUT2D eigenvalue weighted by Crippen LogP contribution is -3.13. The molecule has 0 bridgehead atoms. The van der Waals surface area contributed by atoms with Crippen molar-refractivity contribution in [3.05, 3.63) is 0 Å².